The summed E-state index contributed by atoms with van der Waals surface area (Å²) in [4.78, 5) is 28.4. The van der Waals surface area contributed by atoms with Crippen molar-refractivity contribution in [3.05, 3.63) is 76.5 Å². The fraction of sp³-hybridized carbons (Fsp3) is 0.346. The Kier molecular flexibility index (Phi) is 5.48. The molecule has 0 radical (unpaired) electrons. The summed E-state index contributed by atoms with van der Waals surface area (Å²) in [5.41, 5.74) is 1.42. The second kappa shape index (κ2) is 8.46. The van der Waals surface area contributed by atoms with E-state index in [9.17, 15) is 14.0 Å². The number of rotatable bonds is 4. The summed E-state index contributed by atoms with van der Waals surface area (Å²) in [6.45, 7) is 5.81. The van der Waals surface area contributed by atoms with Crippen molar-refractivity contribution in [1.29, 1.82) is 0 Å². The molecule has 5 rings (SSSR count). The Morgan fingerprint density at radius 2 is 1.73 bits per heavy atom. The summed E-state index contributed by atoms with van der Waals surface area (Å²) in [6.07, 6.45) is 2.75. The van der Waals surface area contributed by atoms with E-state index in [0.717, 1.165) is 17.3 Å². The minimum atomic E-state index is -0.341. The van der Waals surface area contributed by atoms with Gasteiger partial charge in [-0.3, -0.25) is 9.59 Å². The number of benzene rings is 2. The molecule has 2 aromatic carbocycles. The smallest absolute Gasteiger partial charge is 0.291 e. The molecule has 4 aromatic rings. The average Bonchev–Trinajstić information content (AvgIpc) is 3.11. The Labute approximate surface area is 191 Å². The highest BCUT2D eigenvalue weighted by Gasteiger charge is 2.26. The van der Waals surface area contributed by atoms with E-state index in [0.29, 0.717) is 41.4 Å². The zero-order valence-electron chi connectivity index (χ0n) is 18.9. The van der Waals surface area contributed by atoms with Crippen molar-refractivity contribution in [2.45, 2.75) is 33.4 Å². The van der Waals surface area contributed by atoms with E-state index in [-0.39, 0.29) is 30.4 Å². The molecular formula is C26H27FN4O2. The Bertz CT molecular complexity index is 1400. The maximum Gasteiger partial charge on any atom is 0.291 e. The number of amides is 1. The number of carbonyl (C=O) groups is 1. The summed E-state index contributed by atoms with van der Waals surface area (Å²) >= 11 is 0. The van der Waals surface area contributed by atoms with Gasteiger partial charge in [0.15, 0.2) is 0 Å². The molecule has 1 fully saturated rings. The number of halogens is 1. The van der Waals surface area contributed by atoms with E-state index >= 15 is 0 Å². The molecule has 1 saturated heterocycles. The van der Waals surface area contributed by atoms with Crippen molar-refractivity contribution in [1.82, 2.24) is 19.2 Å². The number of aromatic nitrogens is 3. The first-order valence-corrected chi connectivity index (χ1v) is 11.4. The fourth-order valence-corrected chi connectivity index (χ4v) is 5.16. The van der Waals surface area contributed by atoms with Crippen LogP contribution in [0.4, 0.5) is 4.39 Å². The number of carbonyl (C=O) groups excluding carboxylic acids is 1. The molecule has 0 saturated carbocycles. The number of fused-ring (bicyclic) bond motifs is 3. The fourth-order valence-electron chi connectivity index (χ4n) is 5.16. The normalized spacial score (nSPS) is 18.8. The van der Waals surface area contributed by atoms with Gasteiger partial charge in [0.05, 0.1) is 12.7 Å². The van der Waals surface area contributed by atoms with Gasteiger partial charge in [-0.2, -0.15) is 5.10 Å². The molecule has 2 atom stereocenters. The largest absolute Gasteiger partial charge is 0.341 e. The lowest BCUT2D eigenvalue weighted by molar-refractivity contribution is -0.134. The lowest BCUT2D eigenvalue weighted by atomic mass is 9.92. The van der Waals surface area contributed by atoms with Crippen LogP contribution in [0, 0.1) is 17.7 Å². The van der Waals surface area contributed by atoms with Crippen LogP contribution in [0.5, 0.6) is 0 Å². The van der Waals surface area contributed by atoms with Crippen LogP contribution in [-0.2, 0) is 17.9 Å². The van der Waals surface area contributed by atoms with Gasteiger partial charge >= 0.3 is 0 Å². The molecule has 0 spiro atoms. The lowest BCUT2D eigenvalue weighted by Crippen LogP contribution is -2.45. The molecule has 0 N–H and O–H groups in total. The van der Waals surface area contributed by atoms with Crippen LogP contribution in [0.1, 0.15) is 25.8 Å². The lowest BCUT2D eigenvalue weighted by Gasteiger charge is -2.35. The van der Waals surface area contributed by atoms with E-state index in [1.807, 2.05) is 33.7 Å². The number of hydrogen-bond donors (Lipinski definition) is 0. The van der Waals surface area contributed by atoms with Crippen LogP contribution in [0.15, 0.2) is 59.5 Å². The zero-order valence-corrected chi connectivity index (χ0v) is 18.9. The summed E-state index contributed by atoms with van der Waals surface area (Å²) in [5, 5.41) is 5.92. The molecule has 1 aliphatic rings. The van der Waals surface area contributed by atoms with Gasteiger partial charge < -0.3 is 9.47 Å². The van der Waals surface area contributed by atoms with E-state index < -0.39 is 0 Å². The predicted molar refractivity (Wildman–Crippen MR) is 127 cm³/mol. The second-order valence-corrected chi connectivity index (χ2v) is 9.31. The van der Waals surface area contributed by atoms with Crippen LogP contribution in [-0.4, -0.2) is 38.2 Å². The highest BCUT2D eigenvalue weighted by molar-refractivity contribution is 6.07. The van der Waals surface area contributed by atoms with Crippen LogP contribution in [0.3, 0.4) is 0 Å². The van der Waals surface area contributed by atoms with Gasteiger partial charge in [0.25, 0.3) is 5.56 Å². The third-order valence-electron chi connectivity index (χ3n) is 6.57. The first-order chi connectivity index (χ1) is 15.9. The van der Waals surface area contributed by atoms with Crippen molar-refractivity contribution in [2.75, 3.05) is 13.1 Å². The Morgan fingerprint density at radius 3 is 2.48 bits per heavy atom. The number of para-hydroxylation sites is 1. The molecule has 1 amide bonds. The first-order valence-electron chi connectivity index (χ1n) is 11.4. The summed E-state index contributed by atoms with van der Waals surface area (Å²) in [6, 6.07) is 14.2. The van der Waals surface area contributed by atoms with Crippen molar-refractivity contribution >= 4 is 27.7 Å². The Balaban J connectivity index is 1.58. The third kappa shape index (κ3) is 3.92. The molecule has 0 bridgehead atoms. The van der Waals surface area contributed by atoms with Crippen LogP contribution >= 0.6 is 0 Å². The maximum atomic E-state index is 14.4. The molecule has 170 valence electrons. The SMILES string of the molecule is CC1CC(C)CN(C(=O)Cn2ncc3c4ccccc4n(Cc4ccccc4F)c3c2=O)C1. The molecule has 0 aliphatic carbocycles. The van der Waals surface area contributed by atoms with Crippen LogP contribution < -0.4 is 5.56 Å². The number of likely N-dealkylation sites (tertiary alicyclic amines) is 1. The second-order valence-electron chi connectivity index (χ2n) is 9.31. The first kappa shape index (κ1) is 21.4. The highest BCUT2D eigenvalue weighted by Crippen LogP contribution is 2.27. The van der Waals surface area contributed by atoms with E-state index in [1.165, 1.54) is 10.7 Å². The molecular weight excluding hydrogens is 419 g/mol. The summed E-state index contributed by atoms with van der Waals surface area (Å²) in [7, 11) is 0. The molecule has 6 nitrogen and oxygen atoms in total. The predicted octanol–water partition coefficient (Wildman–Crippen LogP) is 4.04. The van der Waals surface area contributed by atoms with Gasteiger partial charge in [0.1, 0.15) is 17.9 Å². The average molecular weight is 447 g/mol. The summed E-state index contributed by atoms with van der Waals surface area (Å²) in [5.74, 6) is 0.460. The highest BCUT2D eigenvalue weighted by atomic mass is 19.1. The van der Waals surface area contributed by atoms with Crippen molar-refractivity contribution in [3.63, 3.8) is 0 Å². The topological polar surface area (TPSA) is 60.1 Å². The summed E-state index contributed by atoms with van der Waals surface area (Å²) < 4.78 is 17.5. The molecule has 3 heterocycles. The maximum absolute atomic E-state index is 14.4. The van der Waals surface area contributed by atoms with Gasteiger partial charge in [0.2, 0.25) is 5.91 Å². The minimum Gasteiger partial charge on any atom is -0.341 e. The standard InChI is InChI=1S/C26H27FN4O2/c1-17-11-18(2)14-29(13-17)24(32)16-31-26(33)25-21(12-28-31)20-8-4-6-10-23(20)30(25)15-19-7-3-5-9-22(19)27/h3-10,12,17-18H,11,13-16H2,1-2H3. The van der Waals surface area contributed by atoms with Crippen molar-refractivity contribution in [3.8, 4) is 0 Å². The molecule has 1 aliphatic heterocycles. The van der Waals surface area contributed by atoms with Crippen LogP contribution in [0.2, 0.25) is 0 Å². The van der Waals surface area contributed by atoms with Gasteiger partial charge in [-0.15, -0.1) is 0 Å². The third-order valence-corrected chi connectivity index (χ3v) is 6.57. The van der Waals surface area contributed by atoms with E-state index in [4.69, 9.17) is 0 Å². The van der Waals surface area contributed by atoms with Crippen molar-refractivity contribution < 1.29 is 9.18 Å². The molecule has 7 heteroatoms. The number of hydrogen-bond acceptors (Lipinski definition) is 3. The van der Waals surface area contributed by atoms with Gasteiger partial charge in [0, 0.05) is 34.9 Å². The molecule has 33 heavy (non-hydrogen) atoms. The van der Waals surface area contributed by atoms with Crippen molar-refractivity contribution in [2.24, 2.45) is 11.8 Å². The molecule has 2 unspecified atom stereocenters. The van der Waals surface area contributed by atoms with Gasteiger partial charge in [-0.05, 0) is 30.4 Å². The van der Waals surface area contributed by atoms with Crippen LogP contribution in [0.25, 0.3) is 21.8 Å². The van der Waals surface area contributed by atoms with Gasteiger partial charge in [-0.1, -0.05) is 50.2 Å². The minimum absolute atomic E-state index is 0.0980. The number of nitrogens with zero attached hydrogens (tertiary/aromatic N) is 4. The van der Waals surface area contributed by atoms with E-state index in [2.05, 4.69) is 18.9 Å². The number of piperidine rings is 1. The monoisotopic (exact) mass is 446 g/mol. The van der Waals surface area contributed by atoms with Gasteiger partial charge in [-0.25, -0.2) is 9.07 Å². The quantitative estimate of drug-likeness (QED) is 0.475. The molecule has 2 aromatic heterocycles. The Morgan fingerprint density at radius 1 is 1.03 bits per heavy atom. The van der Waals surface area contributed by atoms with E-state index in [1.54, 1.807) is 24.4 Å². The zero-order chi connectivity index (χ0) is 23.1. The Hall–Kier alpha value is -3.48.